The van der Waals surface area contributed by atoms with Gasteiger partial charge in [-0.15, -0.1) is 0 Å². The monoisotopic (exact) mass is 306 g/mol. The van der Waals surface area contributed by atoms with Crippen molar-refractivity contribution in [2.24, 2.45) is 0 Å². The molecule has 1 heteroatoms. The van der Waals surface area contributed by atoms with E-state index < -0.39 is 0 Å². The fourth-order valence-corrected chi connectivity index (χ4v) is 5.21. The number of hydrogen-bond donors (Lipinski definition) is 0. The first-order chi connectivity index (χ1) is 6.68. The summed E-state index contributed by atoms with van der Waals surface area (Å²) >= 11 is 0.850. The Bertz CT molecular complexity index is 98.6. The average molecular weight is 305 g/mol. The zero-order valence-electron chi connectivity index (χ0n) is 10.9. The van der Waals surface area contributed by atoms with Crippen molar-refractivity contribution in [3.63, 3.8) is 0 Å². The van der Waals surface area contributed by atoms with Gasteiger partial charge in [-0.2, -0.15) is 0 Å². The summed E-state index contributed by atoms with van der Waals surface area (Å²) < 4.78 is 0.865. The molecule has 0 saturated carbocycles. The summed E-state index contributed by atoms with van der Waals surface area (Å²) in [5, 5.41) is 0. The number of unbranched alkanes of at least 4 members (excludes halogenated alkanes) is 3. The molecule has 0 spiro atoms. The maximum atomic E-state index is 2.33. The van der Waals surface area contributed by atoms with E-state index in [1.165, 1.54) is 38.5 Å². The van der Waals surface area contributed by atoms with Crippen molar-refractivity contribution < 1.29 is 0 Å². The molecule has 0 bridgehead atoms. The molecule has 0 fully saturated rings. The van der Waals surface area contributed by atoms with E-state index in [4.69, 9.17) is 0 Å². The summed E-state index contributed by atoms with van der Waals surface area (Å²) in [6, 6.07) is 0. The van der Waals surface area contributed by atoms with Gasteiger partial charge >= 0.3 is 105 Å². The van der Waals surface area contributed by atoms with Crippen molar-refractivity contribution in [1.82, 2.24) is 0 Å². The van der Waals surface area contributed by atoms with Gasteiger partial charge in [0, 0.05) is 0 Å². The third-order valence-corrected chi connectivity index (χ3v) is 7.68. The predicted octanol–water partition coefficient (Wildman–Crippen LogP) is 4.08. The molecule has 0 radical (unpaired) electrons. The Kier molecular flexibility index (Phi) is 9.57. The van der Waals surface area contributed by atoms with E-state index in [-0.39, 0.29) is 0 Å². The molecule has 0 heterocycles. The third-order valence-electron chi connectivity index (χ3n) is 3.40. The quantitative estimate of drug-likeness (QED) is 0.563. The van der Waals surface area contributed by atoms with Crippen molar-refractivity contribution in [3.8, 4) is 0 Å². The standard InChI is InChI=1S/C13H27.Sn.3H/c1-4-7-10-13(11-8-5-2)12-9-6-3;;;;/h4-12H2,1-3H3;;;;. The Morgan fingerprint density at radius 3 is 1.21 bits per heavy atom. The molecule has 0 N–H and O–H groups in total. The first-order valence-electron chi connectivity index (χ1n) is 6.68. The van der Waals surface area contributed by atoms with Crippen LogP contribution >= 0.6 is 0 Å². The van der Waals surface area contributed by atoms with Gasteiger partial charge in [0.2, 0.25) is 0 Å². The van der Waals surface area contributed by atoms with Gasteiger partial charge in [-0.25, -0.2) is 0 Å². The van der Waals surface area contributed by atoms with E-state index in [0.717, 1.165) is 26.0 Å². The second-order valence-corrected chi connectivity index (χ2v) is 11.2. The van der Waals surface area contributed by atoms with Crippen molar-refractivity contribution in [3.05, 3.63) is 0 Å². The second kappa shape index (κ2) is 9.06. The van der Waals surface area contributed by atoms with Gasteiger partial charge in [0.1, 0.15) is 0 Å². The van der Waals surface area contributed by atoms with Gasteiger partial charge in [0.15, 0.2) is 0 Å². The van der Waals surface area contributed by atoms with Gasteiger partial charge in [-0.3, -0.25) is 0 Å². The minimum atomic E-state index is 0.850. The Morgan fingerprint density at radius 2 is 1.00 bits per heavy atom. The molecular weight excluding hydrogens is 275 g/mol. The van der Waals surface area contributed by atoms with E-state index in [1.807, 2.05) is 0 Å². The van der Waals surface area contributed by atoms with Crippen molar-refractivity contribution in [1.29, 1.82) is 0 Å². The molecular formula is C13H30Sn. The van der Waals surface area contributed by atoms with Crippen molar-refractivity contribution >= 4 is 22.5 Å². The first kappa shape index (κ1) is 14.8. The summed E-state index contributed by atoms with van der Waals surface area (Å²) in [5.41, 5.74) is 0. The van der Waals surface area contributed by atoms with Gasteiger partial charge in [-0.05, 0) is 0 Å². The molecule has 0 unspecified atom stereocenters. The second-order valence-electron chi connectivity index (χ2n) is 5.12. The first-order valence-corrected chi connectivity index (χ1v) is 9.54. The zero-order chi connectivity index (χ0) is 10.9. The molecule has 0 amide bonds. The van der Waals surface area contributed by atoms with E-state index in [2.05, 4.69) is 20.8 Å². The molecule has 0 aromatic carbocycles. The molecule has 0 atom stereocenters. The SMILES string of the molecule is CCCC[C]([SnH3])(CCCC)CCCC. The molecule has 86 valence electrons. The van der Waals surface area contributed by atoms with E-state index >= 15 is 0 Å². The van der Waals surface area contributed by atoms with Crippen molar-refractivity contribution in [2.75, 3.05) is 0 Å². The fraction of sp³-hybridized carbons (Fsp3) is 1.00. The Hall–Kier alpha value is 0.799. The fourth-order valence-electron chi connectivity index (χ4n) is 2.19. The predicted molar refractivity (Wildman–Crippen MR) is 71.2 cm³/mol. The summed E-state index contributed by atoms with van der Waals surface area (Å²) in [6.07, 6.45) is 13.2. The van der Waals surface area contributed by atoms with Crippen LogP contribution < -0.4 is 0 Å². The van der Waals surface area contributed by atoms with Crippen LogP contribution in [-0.2, 0) is 0 Å². The number of rotatable bonds is 9. The van der Waals surface area contributed by atoms with Crippen LogP contribution in [0.15, 0.2) is 0 Å². The van der Waals surface area contributed by atoms with E-state index in [1.54, 1.807) is 19.3 Å². The molecule has 0 aliphatic carbocycles. The summed E-state index contributed by atoms with van der Waals surface area (Å²) in [6.45, 7) is 6.99. The van der Waals surface area contributed by atoms with Gasteiger partial charge in [0.05, 0.1) is 0 Å². The molecule has 0 aromatic rings. The minimum absolute atomic E-state index is 0.850. The van der Waals surface area contributed by atoms with Crippen LogP contribution in [0, 0.1) is 0 Å². The number of hydrogen-bond acceptors (Lipinski definition) is 0. The summed E-state index contributed by atoms with van der Waals surface area (Å²) in [7, 11) is 0. The molecule has 0 aliphatic heterocycles. The van der Waals surface area contributed by atoms with E-state index in [9.17, 15) is 0 Å². The van der Waals surface area contributed by atoms with Crippen molar-refractivity contribution in [2.45, 2.75) is 82.0 Å². The third kappa shape index (κ3) is 7.14. The van der Waals surface area contributed by atoms with Crippen LogP contribution in [0.25, 0.3) is 0 Å². The molecule has 0 nitrogen and oxygen atoms in total. The van der Waals surface area contributed by atoms with Crippen LogP contribution in [0.1, 0.15) is 78.6 Å². The van der Waals surface area contributed by atoms with Crippen LogP contribution in [0.2, 0.25) is 3.43 Å². The van der Waals surface area contributed by atoms with Crippen LogP contribution in [0.5, 0.6) is 0 Å². The maximum absolute atomic E-state index is 2.33. The molecule has 0 saturated heterocycles. The molecule has 0 rings (SSSR count). The molecule has 14 heavy (non-hydrogen) atoms. The Morgan fingerprint density at radius 1 is 0.714 bits per heavy atom. The van der Waals surface area contributed by atoms with Crippen LogP contribution in [0.3, 0.4) is 0 Å². The summed E-state index contributed by atoms with van der Waals surface area (Å²) in [5.74, 6) is 0. The van der Waals surface area contributed by atoms with Gasteiger partial charge < -0.3 is 0 Å². The van der Waals surface area contributed by atoms with E-state index in [0.29, 0.717) is 0 Å². The average Bonchev–Trinajstić information content (AvgIpc) is 2.21. The van der Waals surface area contributed by atoms with Crippen LogP contribution in [-0.4, -0.2) is 22.5 Å². The van der Waals surface area contributed by atoms with Gasteiger partial charge in [0.25, 0.3) is 0 Å². The molecule has 0 aliphatic rings. The topological polar surface area (TPSA) is 0 Å². The van der Waals surface area contributed by atoms with Crippen LogP contribution in [0.4, 0.5) is 0 Å². The summed E-state index contributed by atoms with van der Waals surface area (Å²) in [4.78, 5) is 0. The molecule has 0 aromatic heterocycles. The Balaban J connectivity index is 3.89. The van der Waals surface area contributed by atoms with Gasteiger partial charge in [-0.1, -0.05) is 0 Å². The normalized spacial score (nSPS) is 12.2. The Labute approximate surface area is 104 Å². The zero-order valence-corrected chi connectivity index (χ0v) is 16.6.